The van der Waals surface area contributed by atoms with E-state index in [1.807, 2.05) is 91.0 Å². The highest BCUT2D eigenvalue weighted by Crippen LogP contribution is 2.27. The molecular weight excluding hydrogens is 732 g/mol. The minimum Gasteiger partial charge on any atom is -1.00 e. The fraction of sp³-hybridized carbons (Fsp3) is 0.150. The first-order valence-electron chi connectivity index (χ1n) is 15.2. The zero-order valence-corrected chi connectivity index (χ0v) is 30.3. The fourth-order valence-electron chi connectivity index (χ4n) is 4.48. The van der Waals surface area contributed by atoms with Crippen molar-refractivity contribution in [3.05, 3.63) is 181 Å². The third-order valence-corrected chi connectivity index (χ3v) is 7.42. The van der Waals surface area contributed by atoms with Gasteiger partial charge in [0.05, 0.1) is 14.2 Å². The average Bonchev–Trinajstić information content (AvgIpc) is 3.15. The Kier molecular flexibility index (Phi) is 17.3. The molecule has 0 saturated heterocycles. The van der Waals surface area contributed by atoms with E-state index in [0.717, 1.165) is 46.0 Å². The second kappa shape index (κ2) is 22.0. The second-order valence-electron chi connectivity index (χ2n) is 10.2. The molecule has 2 heterocycles. The van der Waals surface area contributed by atoms with Crippen LogP contribution in [-0.4, -0.2) is 19.2 Å². The van der Waals surface area contributed by atoms with Crippen LogP contribution in [0.1, 0.15) is 22.3 Å². The van der Waals surface area contributed by atoms with Gasteiger partial charge in [-0.3, -0.25) is 4.98 Å². The van der Waals surface area contributed by atoms with Gasteiger partial charge in [-0.2, -0.15) is 0 Å². The normalized spacial score (nSPS) is 9.73. The number of aromatic nitrogens is 2. The first-order valence-corrected chi connectivity index (χ1v) is 16.3. The molecule has 0 aliphatic carbocycles. The van der Waals surface area contributed by atoms with Crippen LogP contribution in [0.15, 0.2) is 158 Å². The van der Waals surface area contributed by atoms with Crippen LogP contribution in [0.5, 0.6) is 23.0 Å². The van der Waals surface area contributed by atoms with Crippen molar-refractivity contribution in [2.75, 3.05) is 14.2 Å². The van der Waals surface area contributed by atoms with E-state index in [4.69, 9.17) is 18.9 Å². The zero-order valence-electron chi connectivity index (χ0n) is 27.1. The van der Waals surface area contributed by atoms with E-state index in [-0.39, 0.29) is 17.0 Å². The minimum atomic E-state index is 0. The lowest BCUT2D eigenvalue weighted by Crippen LogP contribution is -3.00. The van der Waals surface area contributed by atoms with E-state index in [2.05, 4.69) is 80.3 Å². The number of halogens is 2. The molecule has 0 fully saturated rings. The number of alkyl halides is 1. The van der Waals surface area contributed by atoms with Crippen molar-refractivity contribution in [3.63, 3.8) is 0 Å². The highest BCUT2D eigenvalue weighted by atomic mass is 79.9. The molecule has 0 atom stereocenters. The number of nitrogens with zero attached hydrogens (tertiary/aromatic N) is 2. The molecule has 2 aromatic heterocycles. The number of pyridine rings is 2. The highest BCUT2D eigenvalue weighted by Gasteiger charge is 2.06. The van der Waals surface area contributed by atoms with E-state index in [9.17, 15) is 0 Å². The van der Waals surface area contributed by atoms with Gasteiger partial charge < -0.3 is 35.9 Å². The minimum absolute atomic E-state index is 0. The Balaban J connectivity index is 0.000000222. The molecule has 0 saturated carbocycles. The van der Waals surface area contributed by atoms with Gasteiger partial charge in [0.2, 0.25) is 0 Å². The van der Waals surface area contributed by atoms with Crippen LogP contribution >= 0.6 is 15.9 Å². The van der Waals surface area contributed by atoms with Gasteiger partial charge in [0.25, 0.3) is 0 Å². The smallest absolute Gasteiger partial charge is 0.173 e. The summed E-state index contributed by atoms with van der Waals surface area (Å²) < 4.78 is 24.4. The summed E-state index contributed by atoms with van der Waals surface area (Å²) in [7, 11) is 3.30. The van der Waals surface area contributed by atoms with E-state index < -0.39 is 0 Å². The Morgan fingerprint density at radius 2 is 0.979 bits per heavy atom. The maximum atomic E-state index is 5.89. The van der Waals surface area contributed by atoms with Crippen LogP contribution in [-0.2, 0) is 25.1 Å². The van der Waals surface area contributed by atoms with E-state index in [1.54, 1.807) is 26.6 Å². The molecule has 0 aliphatic heterocycles. The van der Waals surface area contributed by atoms with Crippen LogP contribution in [0.25, 0.3) is 0 Å². The monoisotopic (exact) mass is 770 g/mol. The molecule has 0 N–H and O–H groups in total. The summed E-state index contributed by atoms with van der Waals surface area (Å²) in [6.07, 6.45) is 7.63. The predicted molar refractivity (Wildman–Crippen MR) is 190 cm³/mol. The van der Waals surface area contributed by atoms with Crippen molar-refractivity contribution in [1.29, 1.82) is 0 Å². The first-order chi connectivity index (χ1) is 23.2. The van der Waals surface area contributed by atoms with Gasteiger partial charge in [0, 0.05) is 35.4 Å². The van der Waals surface area contributed by atoms with E-state index >= 15 is 0 Å². The Morgan fingerprint density at radius 1 is 0.521 bits per heavy atom. The van der Waals surface area contributed by atoms with Crippen molar-refractivity contribution >= 4 is 15.9 Å². The molecule has 0 unspecified atom stereocenters. The molecule has 0 spiro atoms. The largest absolute Gasteiger partial charge is 1.00 e. The van der Waals surface area contributed by atoms with Gasteiger partial charge in [0.1, 0.15) is 13.2 Å². The van der Waals surface area contributed by atoms with Gasteiger partial charge in [-0.25, -0.2) is 4.57 Å². The molecule has 6 nitrogen and oxygen atoms in total. The van der Waals surface area contributed by atoms with Gasteiger partial charge in [-0.1, -0.05) is 94.8 Å². The van der Waals surface area contributed by atoms with Gasteiger partial charge in [-0.15, -0.1) is 0 Å². The molecule has 6 rings (SSSR count). The third-order valence-electron chi connectivity index (χ3n) is 6.77. The van der Waals surface area contributed by atoms with Crippen molar-refractivity contribution in [3.8, 4) is 23.0 Å². The number of para-hydroxylation sites is 4. The molecule has 0 radical (unpaired) electrons. The quantitative estimate of drug-likeness (QED) is 0.122. The number of hydrogen-bond acceptors (Lipinski definition) is 5. The lowest BCUT2D eigenvalue weighted by Gasteiger charge is -2.10. The Morgan fingerprint density at radius 3 is 1.44 bits per heavy atom. The molecule has 8 heteroatoms. The summed E-state index contributed by atoms with van der Waals surface area (Å²) >= 11 is 3.45. The van der Waals surface area contributed by atoms with Crippen molar-refractivity contribution in [2.24, 2.45) is 0 Å². The number of hydrogen-bond donors (Lipinski definition) is 0. The SMILES string of the molecule is COc1ccccc1OCc1cccc(CBr)c1.COc1ccccc1OCc1cccc(C[n+]2ccccc2)c1.[Br-].c1ccncc1. The molecule has 6 aromatic rings. The number of ether oxygens (including phenoxy) is 4. The van der Waals surface area contributed by atoms with Gasteiger partial charge >= 0.3 is 0 Å². The predicted octanol–water partition coefficient (Wildman–Crippen LogP) is 5.86. The molecule has 4 aromatic carbocycles. The molecule has 48 heavy (non-hydrogen) atoms. The van der Waals surface area contributed by atoms with Gasteiger partial charge in [0.15, 0.2) is 41.9 Å². The summed E-state index contributed by atoms with van der Waals surface area (Å²) in [5.41, 5.74) is 4.79. The summed E-state index contributed by atoms with van der Waals surface area (Å²) in [5.74, 6) is 3.04. The Bertz CT molecular complexity index is 1710. The molecule has 0 bridgehead atoms. The topological polar surface area (TPSA) is 53.7 Å². The second-order valence-corrected chi connectivity index (χ2v) is 10.8. The Hall–Kier alpha value is -4.66. The Labute approximate surface area is 302 Å². The maximum Gasteiger partial charge on any atom is 0.173 e. The lowest BCUT2D eigenvalue weighted by molar-refractivity contribution is -0.688. The number of benzene rings is 4. The van der Waals surface area contributed by atoms with Crippen molar-refractivity contribution in [2.45, 2.75) is 25.1 Å². The molecule has 0 amide bonds. The van der Waals surface area contributed by atoms with Crippen LogP contribution < -0.4 is 40.5 Å². The summed E-state index contributed by atoms with van der Waals surface area (Å²) in [6, 6.07) is 43.9. The highest BCUT2D eigenvalue weighted by molar-refractivity contribution is 9.08. The molecule has 248 valence electrons. The fourth-order valence-corrected chi connectivity index (χ4v) is 4.83. The molecule has 0 aliphatic rings. The summed E-state index contributed by atoms with van der Waals surface area (Å²) in [5, 5.41) is 0.857. The van der Waals surface area contributed by atoms with Crippen LogP contribution in [0.4, 0.5) is 0 Å². The van der Waals surface area contributed by atoms with Gasteiger partial charge in [-0.05, 0) is 59.2 Å². The zero-order chi connectivity index (χ0) is 32.9. The van der Waals surface area contributed by atoms with Crippen LogP contribution in [0.3, 0.4) is 0 Å². The third kappa shape index (κ3) is 13.2. The number of rotatable bonds is 11. The van der Waals surface area contributed by atoms with E-state index in [1.165, 1.54) is 11.1 Å². The number of methoxy groups -OCH3 is 2. The first kappa shape index (κ1) is 37.8. The maximum absolute atomic E-state index is 5.89. The van der Waals surface area contributed by atoms with Crippen molar-refractivity contribution in [1.82, 2.24) is 4.98 Å². The summed E-state index contributed by atoms with van der Waals surface area (Å²) in [6.45, 7) is 1.91. The van der Waals surface area contributed by atoms with Crippen LogP contribution in [0, 0.1) is 0 Å². The van der Waals surface area contributed by atoms with Crippen LogP contribution in [0.2, 0.25) is 0 Å². The standard InChI is InChI=1S/C20H20NO2.C15H15BrO2.C5H5N.BrH/c1-22-19-10-3-4-11-20(19)23-16-18-9-7-8-17(14-18)15-21-12-5-2-6-13-21;1-17-14-7-2-3-8-15(14)18-11-13-6-4-5-12(9-13)10-16;1-2-4-6-5-3-1;/h2-14H,15-16H2,1H3;2-9H,10-11H2,1H3;1-5H;1H/q+1;;;/p-1. The lowest BCUT2D eigenvalue weighted by atomic mass is 10.1. The summed E-state index contributed by atoms with van der Waals surface area (Å²) in [4.78, 5) is 3.78. The van der Waals surface area contributed by atoms with E-state index in [0.29, 0.717) is 13.2 Å². The average molecular weight is 773 g/mol. The molecular formula is C40H40Br2N2O4. The van der Waals surface area contributed by atoms with Crippen molar-refractivity contribution < 1.29 is 40.5 Å².